The summed E-state index contributed by atoms with van der Waals surface area (Å²) in [6.07, 6.45) is 0.668. The van der Waals surface area contributed by atoms with Crippen LogP contribution in [0.25, 0.3) is 10.9 Å². The fourth-order valence-corrected chi connectivity index (χ4v) is 7.54. The Kier molecular flexibility index (Phi) is 10.9. The standard InChI is InChI=1S/C40H37N3O7S/c1-49-40(44)32-17-20-34(21-18-32)50-26-24-38-35(23-25-41-51(47,48)28-29-11-5-2-6-12-29)36-27-33(43(45)46)19-22-37(36)42(38)39(30-13-7-3-8-14-30)31-15-9-4-10-16-31/h2-22,27,39,41H,23-26,28H2,1H3. The second-order valence-corrected chi connectivity index (χ2v) is 13.8. The predicted molar refractivity (Wildman–Crippen MR) is 196 cm³/mol. The SMILES string of the molecule is COC(=O)c1ccc(OCCc2c(CCNS(=O)(=O)Cc3ccccc3)c3cc([N+](=O)[O-])ccc3n2C(c2ccccc2)c2ccccc2)cc1. The highest BCUT2D eigenvalue weighted by molar-refractivity contribution is 7.88. The number of carbonyl (C=O) groups is 1. The van der Waals surface area contributed by atoms with Crippen molar-refractivity contribution < 1.29 is 27.6 Å². The Balaban J connectivity index is 1.43. The lowest BCUT2D eigenvalue weighted by molar-refractivity contribution is -0.384. The van der Waals surface area contributed by atoms with Crippen molar-refractivity contribution in [1.82, 2.24) is 9.29 Å². The van der Waals surface area contributed by atoms with Crippen molar-refractivity contribution in [3.8, 4) is 5.75 Å². The van der Waals surface area contributed by atoms with E-state index in [2.05, 4.69) is 33.6 Å². The van der Waals surface area contributed by atoms with Gasteiger partial charge in [0, 0.05) is 41.7 Å². The molecule has 0 aliphatic rings. The average Bonchev–Trinajstić information content (AvgIpc) is 3.44. The van der Waals surface area contributed by atoms with Gasteiger partial charge in [-0.15, -0.1) is 0 Å². The van der Waals surface area contributed by atoms with Crippen LogP contribution in [0.15, 0.2) is 133 Å². The molecule has 6 aromatic rings. The maximum atomic E-state index is 13.1. The number of aromatic nitrogens is 1. The highest BCUT2D eigenvalue weighted by Gasteiger charge is 2.27. The van der Waals surface area contributed by atoms with E-state index in [1.807, 2.05) is 42.5 Å². The molecule has 1 N–H and O–H groups in total. The molecule has 10 nitrogen and oxygen atoms in total. The minimum atomic E-state index is -3.68. The van der Waals surface area contributed by atoms with E-state index in [-0.39, 0.29) is 37.1 Å². The molecule has 0 amide bonds. The fourth-order valence-electron chi connectivity index (χ4n) is 6.39. The first kappa shape index (κ1) is 35.1. The van der Waals surface area contributed by atoms with Gasteiger partial charge in [0.05, 0.1) is 36.0 Å². The fraction of sp³-hybridized carbons (Fsp3) is 0.175. The Labute approximate surface area is 296 Å². The zero-order valence-electron chi connectivity index (χ0n) is 28.0. The molecule has 5 aromatic carbocycles. The van der Waals surface area contributed by atoms with Crippen molar-refractivity contribution in [3.05, 3.63) is 177 Å². The number of rotatable bonds is 15. The number of nitrogens with one attached hydrogen (secondary N) is 1. The Morgan fingerprint density at radius 1 is 0.824 bits per heavy atom. The molecular weight excluding hydrogens is 667 g/mol. The van der Waals surface area contributed by atoms with Crippen LogP contribution < -0.4 is 9.46 Å². The van der Waals surface area contributed by atoms with Gasteiger partial charge < -0.3 is 14.0 Å². The quantitative estimate of drug-likeness (QED) is 0.0677. The molecule has 0 radical (unpaired) electrons. The predicted octanol–water partition coefficient (Wildman–Crippen LogP) is 7.26. The first-order chi connectivity index (χ1) is 24.7. The number of methoxy groups -OCH3 is 1. The molecule has 11 heteroatoms. The number of esters is 1. The molecule has 0 unspecified atom stereocenters. The van der Waals surface area contributed by atoms with Crippen LogP contribution >= 0.6 is 0 Å². The Hall–Kier alpha value is -5.78. The number of nitrogens with zero attached hydrogens (tertiary/aromatic N) is 2. The Morgan fingerprint density at radius 2 is 1.43 bits per heavy atom. The lowest BCUT2D eigenvalue weighted by Gasteiger charge is -2.25. The van der Waals surface area contributed by atoms with Gasteiger partial charge in [-0.1, -0.05) is 91.0 Å². The zero-order valence-corrected chi connectivity index (χ0v) is 28.8. The van der Waals surface area contributed by atoms with Crippen LogP contribution in [0, 0.1) is 10.1 Å². The zero-order chi connectivity index (χ0) is 35.8. The molecule has 0 saturated heterocycles. The molecule has 0 fully saturated rings. The monoisotopic (exact) mass is 703 g/mol. The van der Waals surface area contributed by atoms with Crippen LogP contribution in [-0.4, -0.2) is 44.1 Å². The topological polar surface area (TPSA) is 130 Å². The number of fused-ring (bicyclic) bond motifs is 1. The van der Waals surface area contributed by atoms with Crippen molar-refractivity contribution in [1.29, 1.82) is 0 Å². The number of hydrogen-bond donors (Lipinski definition) is 1. The number of hydrogen-bond acceptors (Lipinski definition) is 7. The molecule has 0 atom stereocenters. The molecule has 0 aliphatic heterocycles. The Bertz CT molecular complexity index is 2180. The van der Waals surface area contributed by atoms with Gasteiger partial charge in [0.1, 0.15) is 5.75 Å². The number of non-ortho nitro benzene ring substituents is 1. The number of carbonyl (C=O) groups excluding carboxylic acids is 1. The molecule has 260 valence electrons. The maximum Gasteiger partial charge on any atom is 0.337 e. The van der Waals surface area contributed by atoms with Crippen molar-refractivity contribution in [2.24, 2.45) is 0 Å². The summed E-state index contributed by atoms with van der Waals surface area (Å²) in [7, 11) is -2.35. The number of benzene rings is 5. The third-order valence-electron chi connectivity index (χ3n) is 8.68. The summed E-state index contributed by atoms with van der Waals surface area (Å²) in [5.41, 5.74) is 5.45. The molecule has 6 rings (SSSR count). The second-order valence-electron chi connectivity index (χ2n) is 12.0. The van der Waals surface area contributed by atoms with Gasteiger partial charge >= 0.3 is 5.97 Å². The van der Waals surface area contributed by atoms with Crippen molar-refractivity contribution >= 4 is 32.6 Å². The lowest BCUT2D eigenvalue weighted by Crippen LogP contribution is -2.27. The van der Waals surface area contributed by atoms with E-state index in [9.17, 15) is 23.3 Å². The normalized spacial score (nSPS) is 11.5. The maximum absolute atomic E-state index is 13.1. The van der Waals surface area contributed by atoms with Crippen molar-refractivity contribution in [2.75, 3.05) is 20.3 Å². The smallest absolute Gasteiger partial charge is 0.337 e. The third kappa shape index (κ3) is 8.34. The van der Waals surface area contributed by atoms with Gasteiger partial charge in [0.15, 0.2) is 0 Å². The summed E-state index contributed by atoms with van der Waals surface area (Å²) in [6, 6.07) is 40.2. The number of sulfonamides is 1. The summed E-state index contributed by atoms with van der Waals surface area (Å²) < 4.78 is 42.2. The van der Waals surface area contributed by atoms with Gasteiger partial charge in [-0.25, -0.2) is 17.9 Å². The van der Waals surface area contributed by atoms with E-state index >= 15 is 0 Å². The molecule has 1 heterocycles. The number of nitro benzene ring substituents is 1. The molecular formula is C40H37N3O7S. The minimum Gasteiger partial charge on any atom is -0.493 e. The summed E-state index contributed by atoms with van der Waals surface area (Å²) in [5.74, 6) is -0.0587. The first-order valence-electron chi connectivity index (χ1n) is 16.5. The molecule has 0 saturated carbocycles. The summed E-state index contributed by atoms with van der Waals surface area (Å²) in [5, 5.41) is 12.7. The third-order valence-corrected chi connectivity index (χ3v) is 10.0. The van der Waals surface area contributed by atoms with E-state index in [4.69, 9.17) is 9.47 Å². The highest BCUT2D eigenvalue weighted by Crippen LogP contribution is 2.38. The summed E-state index contributed by atoms with van der Waals surface area (Å²) in [4.78, 5) is 23.5. The van der Waals surface area contributed by atoms with Crippen LogP contribution in [-0.2, 0) is 33.4 Å². The van der Waals surface area contributed by atoms with Gasteiger partial charge in [-0.3, -0.25) is 10.1 Å². The van der Waals surface area contributed by atoms with E-state index in [0.717, 1.165) is 27.9 Å². The molecule has 0 bridgehead atoms. The van der Waals surface area contributed by atoms with Crippen LogP contribution in [0.3, 0.4) is 0 Å². The van der Waals surface area contributed by atoms with Gasteiger partial charge in [-0.2, -0.15) is 0 Å². The van der Waals surface area contributed by atoms with Gasteiger partial charge in [-0.05, 0) is 59.0 Å². The van der Waals surface area contributed by atoms with E-state index in [1.54, 1.807) is 60.7 Å². The molecule has 51 heavy (non-hydrogen) atoms. The van der Waals surface area contributed by atoms with Crippen LogP contribution in [0.4, 0.5) is 5.69 Å². The number of ether oxygens (including phenoxy) is 2. The highest BCUT2D eigenvalue weighted by atomic mass is 32.2. The van der Waals surface area contributed by atoms with Crippen LogP contribution in [0.5, 0.6) is 5.75 Å². The molecule has 0 aliphatic carbocycles. The largest absolute Gasteiger partial charge is 0.493 e. The second kappa shape index (κ2) is 15.8. The molecule has 0 spiro atoms. The van der Waals surface area contributed by atoms with Gasteiger partial charge in [0.2, 0.25) is 10.0 Å². The minimum absolute atomic E-state index is 0.0602. The first-order valence-corrected chi connectivity index (χ1v) is 18.1. The van der Waals surface area contributed by atoms with E-state index in [1.165, 1.54) is 13.2 Å². The van der Waals surface area contributed by atoms with Gasteiger partial charge in [0.25, 0.3) is 5.69 Å². The average molecular weight is 704 g/mol. The van der Waals surface area contributed by atoms with Crippen LogP contribution in [0.2, 0.25) is 0 Å². The number of nitro groups is 1. The van der Waals surface area contributed by atoms with Crippen LogP contribution in [0.1, 0.15) is 44.3 Å². The molecule has 1 aromatic heterocycles. The summed E-state index contributed by atoms with van der Waals surface area (Å²) in [6.45, 7) is 0.320. The van der Waals surface area contributed by atoms with Crippen molar-refractivity contribution in [2.45, 2.75) is 24.6 Å². The Morgan fingerprint density at radius 3 is 2.02 bits per heavy atom. The van der Waals surface area contributed by atoms with E-state index in [0.29, 0.717) is 28.7 Å². The summed E-state index contributed by atoms with van der Waals surface area (Å²) >= 11 is 0. The van der Waals surface area contributed by atoms with E-state index < -0.39 is 20.9 Å². The van der Waals surface area contributed by atoms with Crippen molar-refractivity contribution in [3.63, 3.8) is 0 Å². The lowest BCUT2D eigenvalue weighted by atomic mass is 9.97.